The maximum absolute atomic E-state index is 11.8. The molecule has 0 spiro atoms. The summed E-state index contributed by atoms with van der Waals surface area (Å²) in [5.41, 5.74) is 0. The first-order valence-corrected chi connectivity index (χ1v) is 6.24. The van der Waals surface area contributed by atoms with E-state index in [-0.39, 0.29) is 30.3 Å². The maximum Gasteiger partial charge on any atom is 0.324 e. The standard InChI is InChI=1S/C11H19ClN2O2/c1-8-4-6-14(9(2)7-8)11(16)13-10(15)3-5-12/h8-9H,3-7H2,1-2H3,(H,13,15,16). The topological polar surface area (TPSA) is 49.4 Å². The van der Waals surface area contributed by atoms with Gasteiger partial charge in [-0.1, -0.05) is 6.92 Å². The molecule has 0 aliphatic carbocycles. The third-order valence-electron chi connectivity index (χ3n) is 2.97. The number of nitrogens with one attached hydrogen (secondary N) is 1. The van der Waals surface area contributed by atoms with Gasteiger partial charge in [-0.25, -0.2) is 4.79 Å². The number of rotatable bonds is 2. The van der Waals surface area contributed by atoms with Gasteiger partial charge in [0.1, 0.15) is 0 Å². The highest BCUT2D eigenvalue weighted by molar-refractivity contribution is 6.19. The minimum absolute atomic E-state index is 0.186. The number of likely N-dealkylation sites (tertiary alicyclic amines) is 1. The Bertz CT molecular complexity index is 271. The van der Waals surface area contributed by atoms with Gasteiger partial charge in [-0.3, -0.25) is 10.1 Å². The van der Waals surface area contributed by atoms with E-state index in [0.717, 1.165) is 19.4 Å². The lowest BCUT2D eigenvalue weighted by molar-refractivity contribution is -0.119. The van der Waals surface area contributed by atoms with E-state index in [4.69, 9.17) is 11.6 Å². The number of nitrogens with zero attached hydrogens (tertiary/aromatic N) is 1. The zero-order valence-electron chi connectivity index (χ0n) is 9.83. The molecule has 0 aromatic rings. The summed E-state index contributed by atoms with van der Waals surface area (Å²) >= 11 is 5.43. The molecule has 16 heavy (non-hydrogen) atoms. The zero-order chi connectivity index (χ0) is 12.1. The summed E-state index contributed by atoms with van der Waals surface area (Å²) < 4.78 is 0. The highest BCUT2D eigenvalue weighted by atomic mass is 35.5. The van der Waals surface area contributed by atoms with Crippen LogP contribution < -0.4 is 5.32 Å². The van der Waals surface area contributed by atoms with Gasteiger partial charge < -0.3 is 4.90 Å². The number of hydrogen-bond donors (Lipinski definition) is 1. The van der Waals surface area contributed by atoms with E-state index in [0.29, 0.717) is 5.92 Å². The molecule has 1 saturated heterocycles. The molecule has 0 bridgehead atoms. The quantitative estimate of drug-likeness (QED) is 0.758. The first-order chi connectivity index (χ1) is 7.54. The van der Waals surface area contributed by atoms with E-state index >= 15 is 0 Å². The highest BCUT2D eigenvalue weighted by Crippen LogP contribution is 2.21. The summed E-state index contributed by atoms with van der Waals surface area (Å²) in [4.78, 5) is 24.7. The Morgan fingerprint density at radius 1 is 1.44 bits per heavy atom. The van der Waals surface area contributed by atoms with Gasteiger partial charge in [-0.2, -0.15) is 0 Å². The van der Waals surface area contributed by atoms with Crippen molar-refractivity contribution in [1.82, 2.24) is 10.2 Å². The summed E-state index contributed by atoms with van der Waals surface area (Å²) in [7, 11) is 0. The number of piperidine rings is 1. The molecule has 4 nitrogen and oxygen atoms in total. The van der Waals surface area contributed by atoms with E-state index in [1.807, 2.05) is 6.92 Å². The predicted octanol–water partition coefficient (Wildman–Crippen LogP) is 1.97. The second-order valence-corrected chi connectivity index (χ2v) is 4.84. The molecule has 1 heterocycles. The van der Waals surface area contributed by atoms with E-state index in [1.165, 1.54) is 0 Å². The Hall–Kier alpha value is -0.770. The van der Waals surface area contributed by atoms with Gasteiger partial charge in [0.05, 0.1) is 0 Å². The fourth-order valence-electron chi connectivity index (χ4n) is 2.05. The first kappa shape index (κ1) is 13.3. The number of carbonyl (C=O) groups is 2. The summed E-state index contributed by atoms with van der Waals surface area (Å²) in [5, 5.41) is 2.36. The van der Waals surface area contributed by atoms with Crippen LogP contribution in [0.3, 0.4) is 0 Å². The number of urea groups is 1. The number of alkyl halides is 1. The van der Waals surface area contributed by atoms with Crippen LogP contribution in [0.25, 0.3) is 0 Å². The molecule has 2 atom stereocenters. The molecule has 92 valence electrons. The van der Waals surface area contributed by atoms with Crippen molar-refractivity contribution >= 4 is 23.5 Å². The number of halogens is 1. The van der Waals surface area contributed by atoms with Crippen LogP contribution in [-0.2, 0) is 4.79 Å². The summed E-state index contributed by atoms with van der Waals surface area (Å²) in [6.07, 6.45) is 2.19. The van der Waals surface area contributed by atoms with Crippen LogP contribution in [0.2, 0.25) is 0 Å². The summed E-state index contributed by atoms with van der Waals surface area (Å²) in [5.74, 6) is 0.592. The van der Waals surface area contributed by atoms with E-state index in [1.54, 1.807) is 4.90 Å². The molecule has 1 fully saturated rings. The van der Waals surface area contributed by atoms with Crippen molar-refractivity contribution < 1.29 is 9.59 Å². The maximum atomic E-state index is 11.8. The van der Waals surface area contributed by atoms with Crippen LogP contribution in [-0.4, -0.2) is 35.3 Å². The summed E-state index contributed by atoms with van der Waals surface area (Å²) in [6, 6.07) is -0.0814. The van der Waals surface area contributed by atoms with Gasteiger partial charge >= 0.3 is 6.03 Å². The molecule has 0 radical (unpaired) electrons. The molecule has 3 amide bonds. The van der Waals surface area contributed by atoms with Gasteiger partial charge in [0, 0.05) is 24.9 Å². The minimum Gasteiger partial charge on any atom is -0.322 e. The first-order valence-electron chi connectivity index (χ1n) is 5.71. The van der Waals surface area contributed by atoms with Gasteiger partial charge in [0.15, 0.2) is 0 Å². The Balaban J connectivity index is 2.44. The Morgan fingerprint density at radius 3 is 2.69 bits per heavy atom. The highest BCUT2D eigenvalue weighted by Gasteiger charge is 2.27. The van der Waals surface area contributed by atoms with Gasteiger partial charge in [0.2, 0.25) is 5.91 Å². The second-order valence-electron chi connectivity index (χ2n) is 4.46. The molecule has 0 aromatic heterocycles. The Kier molecular flexibility index (Phi) is 5.06. The fourth-order valence-corrected chi connectivity index (χ4v) is 2.22. The van der Waals surface area contributed by atoms with Crippen molar-refractivity contribution in [3.63, 3.8) is 0 Å². The van der Waals surface area contributed by atoms with Gasteiger partial charge in [-0.05, 0) is 25.7 Å². The van der Waals surface area contributed by atoms with Crippen LogP contribution in [0, 0.1) is 5.92 Å². The number of imide groups is 1. The second kappa shape index (κ2) is 6.09. The third-order valence-corrected chi connectivity index (χ3v) is 3.16. The monoisotopic (exact) mass is 246 g/mol. The van der Waals surface area contributed by atoms with Crippen molar-refractivity contribution in [2.24, 2.45) is 5.92 Å². The van der Waals surface area contributed by atoms with E-state index < -0.39 is 0 Å². The Labute approximate surface area is 101 Å². The molecule has 1 aliphatic rings. The molecule has 0 aromatic carbocycles. The van der Waals surface area contributed by atoms with Crippen molar-refractivity contribution in [2.75, 3.05) is 12.4 Å². The number of carbonyl (C=O) groups excluding carboxylic acids is 2. The zero-order valence-corrected chi connectivity index (χ0v) is 10.6. The molecule has 1 aliphatic heterocycles. The lowest BCUT2D eigenvalue weighted by Crippen LogP contribution is -2.50. The molecule has 1 N–H and O–H groups in total. The van der Waals surface area contributed by atoms with E-state index in [9.17, 15) is 9.59 Å². The van der Waals surface area contributed by atoms with Crippen molar-refractivity contribution in [2.45, 2.75) is 39.2 Å². The average molecular weight is 247 g/mol. The van der Waals surface area contributed by atoms with Crippen molar-refractivity contribution in [1.29, 1.82) is 0 Å². The fraction of sp³-hybridized carbons (Fsp3) is 0.818. The lowest BCUT2D eigenvalue weighted by Gasteiger charge is -2.36. The van der Waals surface area contributed by atoms with Crippen LogP contribution in [0.1, 0.15) is 33.1 Å². The molecule has 2 unspecified atom stereocenters. The molecular formula is C11H19ClN2O2. The number of hydrogen-bond acceptors (Lipinski definition) is 2. The molecular weight excluding hydrogens is 228 g/mol. The van der Waals surface area contributed by atoms with Gasteiger partial charge in [-0.15, -0.1) is 11.6 Å². The molecule has 5 heteroatoms. The van der Waals surface area contributed by atoms with Gasteiger partial charge in [0.25, 0.3) is 0 Å². The third kappa shape index (κ3) is 3.67. The summed E-state index contributed by atoms with van der Waals surface area (Å²) in [6.45, 7) is 4.92. The van der Waals surface area contributed by atoms with E-state index in [2.05, 4.69) is 12.2 Å². The van der Waals surface area contributed by atoms with Crippen molar-refractivity contribution in [3.8, 4) is 0 Å². The largest absolute Gasteiger partial charge is 0.324 e. The number of amides is 3. The smallest absolute Gasteiger partial charge is 0.322 e. The lowest BCUT2D eigenvalue weighted by atomic mass is 9.94. The molecule has 0 saturated carbocycles. The van der Waals surface area contributed by atoms with Crippen LogP contribution in [0.5, 0.6) is 0 Å². The minimum atomic E-state index is -0.300. The normalized spacial score (nSPS) is 25.3. The van der Waals surface area contributed by atoms with Crippen molar-refractivity contribution in [3.05, 3.63) is 0 Å². The molecule has 1 rings (SSSR count). The van der Waals surface area contributed by atoms with Crippen LogP contribution >= 0.6 is 11.6 Å². The SMILES string of the molecule is CC1CCN(C(=O)NC(=O)CCCl)C(C)C1. The average Bonchev–Trinajstić information content (AvgIpc) is 2.17. The Morgan fingerprint density at radius 2 is 2.12 bits per heavy atom. The van der Waals surface area contributed by atoms with Crippen LogP contribution in [0.4, 0.5) is 4.79 Å². The predicted molar refractivity (Wildman–Crippen MR) is 63.4 cm³/mol. The van der Waals surface area contributed by atoms with Crippen LogP contribution in [0.15, 0.2) is 0 Å².